The van der Waals surface area contributed by atoms with Crippen LogP contribution in [0.25, 0.3) is 22.2 Å². The van der Waals surface area contributed by atoms with E-state index >= 15 is 0 Å². The van der Waals surface area contributed by atoms with Gasteiger partial charge in [0, 0.05) is 31.2 Å². The molecular formula is C22H24N8O2. The van der Waals surface area contributed by atoms with Crippen LogP contribution in [0.15, 0.2) is 48.9 Å². The lowest BCUT2D eigenvalue weighted by atomic mass is 10.1. The van der Waals surface area contributed by atoms with Crippen molar-refractivity contribution in [2.75, 3.05) is 33.8 Å². The van der Waals surface area contributed by atoms with Crippen LogP contribution in [0.4, 0.5) is 0 Å². The highest BCUT2D eigenvalue weighted by Crippen LogP contribution is 2.32. The highest BCUT2D eigenvalue weighted by molar-refractivity contribution is 5.85. The third-order valence-corrected chi connectivity index (χ3v) is 5.76. The number of imidazole rings is 1. The minimum atomic E-state index is -0.196. The van der Waals surface area contributed by atoms with Crippen LogP contribution in [0.3, 0.4) is 0 Å². The van der Waals surface area contributed by atoms with Gasteiger partial charge in [-0.15, -0.1) is 5.10 Å². The summed E-state index contributed by atoms with van der Waals surface area (Å²) in [5.74, 6) is 1.24. The second kappa shape index (κ2) is 8.39. The number of para-hydroxylation sites is 1. The molecular weight excluding hydrogens is 408 g/mol. The van der Waals surface area contributed by atoms with E-state index in [4.69, 9.17) is 4.74 Å². The molecule has 32 heavy (non-hydrogen) atoms. The fraction of sp³-hybridized carbons (Fsp3) is 0.318. The lowest BCUT2D eigenvalue weighted by molar-refractivity contribution is -0.137. The molecule has 164 valence electrons. The molecule has 1 saturated heterocycles. The monoisotopic (exact) mass is 432 g/mol. The summed E-state index contributed by atoms with van der Waals surface area (Å²) in [4.78, 5) is 29.8. The number of ether oxygens (including phenoxy) is 1. The van der Waals surface area contributed by atoms with E-state index in [9.17, 15) is 4.79 Å². The van der Waals surface area contributed by atoms with Crippen molar-refractivity contribution >= 4 is 16.8 Å². The third-order valence-electron chi connectivity index (χ3n) is 5.76. The number of aromatic nitrogens is 6. The lowest BCUT2D eigenvalue weighted by Gasteiger charge is -2.39. The van der Waals surface area contributed by atoms with E-state index in [1.54, 1.807) is 25.7 Å². The standard InChI is InChI=1S/C22H24N8O2/c1-28-9-10-30(20(31)14-29-8-7-24-27-29)19(13-28)21-23-12-18(25-21)16-11-15-5-3-4-6-17(15)26-22(16)32-2/h3-8,11-12,19H,9-10,13-14H2,1-2H3,(H,23,25). The first kappa shape index (κ1) is 20.1. The predicted molar refractivity (Wildman–Crippen MR) is 118 cm³/mol. The van der Waals surface area contributed by atoms with E-state index in [1.807, 2.05) is 42.3 Å². The molecule has 0 aliphatic carbocycles. The number of hydrogen-bond acceptors (Lipinski definition) is 7. The zero-order valence-corrected chi connectivity index (χ0v) is 18.0. The minimum absolute atomic E-state index is 0.0171. The zero-order chi connectivity index (χ0) is 22.1. The summed E-state index contributed by atoms with van der Waals surface area (Å²) in [5.41, 5.74) is 2.49. The Morgan fingerprint density at radius 3 is 2.97 bits per heavy atom. The molecule has 1 aliphatic rings. The molecule has 4 aromatic rings. The number of pyridine rings is 1. The number of rotatable bonds is 5. The Hall–Kier alpha value is -3.79. The van der Waals surface area contributed by atoms with Gasteiger partial charge in [0.25, 0.3) is 0 Å². The van der Waals surface area contributed by atoms with Gasteiger partial charge in [0.05, 0.1) is 36.3 Å². The molecule has 3 aromatic heterocycles. The molecule has 10 heteroatoms. The summed E-state index contributed by atoms with van der Waals surface area (Å²) >= 11 is 0. The number of H-pyrrole nitrogens is 1. The predicted octanol–water partition coefficient (Wildman–Crippen LogP) is 1.74. The van der Waals surface area contributed by atoms with Crippen molar-refractivity contribution in [3.8, 4) is 17.1 Å². The topological polar surface area (TPSA) is 105 Å². The molecule has 1 N–H and O–H groups in total. The second-order valence-corrected chi connectivity index (χ2v) is 7.89. The van der Waals surface area contributed by atoms with E-state index in [0.717, 1.165) is 34.5 Å². The fourth-order valence-electron chi connectivity index (χ4n) is 4.09. The van der Waals surface area contributed by atoms with Gasteiger partial charge in [-0.2, -0.15) is 0 Å². The summed E-state index contributed by atoms with van der Waals surface area (Å²) in [6, 6.07) is 9.75. The van der Waals surface area contributed by atoms with Gasteiger partial charge in [-0.25, -0.2) is 14.6 Å². The first-order valence-corrected chi connectivity index (χ1v) is 10.4. The molecule has 1 atom stereocenters. The first-order valence-electron chi connectivity index (χ1n) is 10.4. The third kappa shape index (κ3) is 3.80. The second-order valence-electron chi connectivity index (χ2n) is 7.89. The number of amides is 1. The zero-order valence-electron chi connectivity index (χ0n) is 18.0. The van der Waals surface area contributed by atoms with E-state index in [-0.39, 0.29) is 18.5 Å². The van der Waals surface area contributed by atoms with Gasteiger partial charge < -0.3 is 19.5 Å². The summed E-state index contributed by atoms with van der Waals surface area (Å²) in [5, 5.41) is 8.71. The number of piperazine rings is 1. The number of nitrogens with zero attached hydrogens (tertiary/aromatic N) is 7. The van der Waals surface area contributed by atoms with Crippen molar-refractivity contribution in [2.24, 2.45) is 0 Å². The maximum Gasteiger partial charge on any atom is 0.245 e. The van der Waals surface area contributed by atoms with Gasteiger partial charge >= 0.3 is 0 Å². The van der Waals surface area contributed by atoms with Gasteiger partial charge in [0.1, 0.15) is 18.4 Å². The normalized spacial score (nSPS) is 17.1. The van der Waals surface area contributed by atoms with Crippen molar-refractivity contribution in [3.05, 3.63) is 54.7 Å². The van der Waals surface area contributed by atoms with Gasteiger partial charge in [0.2, 0.25) is 11.8 Å². The van der Waals surface area contributed by atoms with Crippen molar-refractivity contribution in [1.29, 1.82) is 0 Å². The molecule has 5 rings (SSSR count). The van der Waals surface area contributed by atoms with E-state index in [0.29, 0.717) is 19.0 Å². The Kier molecular flexibility index (Phi) is 5.28. The molecule has 1 fully saturated rings. The molecule has 0 spiro atoms. The quantitative estimate of drug-likeness (QED) is 0.512. The first-order chi connectivity index (χ1) is 15.6. The van der Waals surface area contributed by atoms with Crippen LogP contribution in [-0.2, 0) is 11.3 Å². The summed E-state index contributed by atoms with van der Waals surface area (Å²) in [6.45, 7) is 2.25. The van der Waals surface area contributed by atoms with Crippen LogP contribution in [0.1, 0.15) is 11.9 Å². The highest BCUT2D eigenvalue weighted by atomic mass is 16.5. The molecule has 1 aromatic carbocycles. The van der Waals surface area contributed by atoms with Crippen LogP contribution in [-0.4, -0.2) is 79.4 Å². The Morgan fingerprint density at radius 2 is 2.16 bits per heavy atom. The Bertz CT molecular complexity index is 1240. The summed E-state index contributed by atoms with van der Waals surface area (Å²) < 4.78 is 7.09. The average molecular weight is 432 g/mol. The molecule has 0 radical (unpaired) electrons. The van der Waals surface area contributed by atoms with E-state index < -0.39 is 0 Å². The van der Waals surface area contributed by atoms with Crippen LogP contribution in [0, 0.1) is 0 Å². The van der Waals surface area contributed by atoms with Crippen LogP contribution in [0.2, 0.25) is 0 Å². The number of methoxy groups -OCH3 is 1. The number of fused-ring (bicyclic) bond motifs is 1. The minimum Gasteiger partial charge on any atom is -0.480 e. The summed E-state index contributed by atoms with van der Waals surface area (Å²) in [7, 11) is 3.66. The molecule has 1 amide bonds. The van der Waals surface area contributed by atoms with Gasteiger partial charge in [-0.3, -0.25) is 4.79 Å². The highest BCUT2D eigenvalue weighted by Gasteiger charge is 2.32. The number of aromatic amines is 1. The smallest absolute Gasteiger partial charge is 0.245 e. The number of benzene rings is 1. The van der Waals surface area contributed by atoms with Crippen molar-refractivity contribution in [1.82, 2.24) is 39.7 Å². The lowest BCUT2D eigenvalue weighted by Crippen LogP contribution is -2.50. The Labute approximate surface area is 184 Å². The van der Waals surface area contributed by atoms with Crippen LogP contribution >= 0.6 is 0 Å². The number of hydrogen-bond donors (Lipinski definition) is 1. The van der Waals surface area contributed by atoms with Gasteiger partial charge in [0.15, 0.2) is 0 Å². The molecule has 0 saturated carbocycles. The molecule has 0 bridgehead atoms. The number of likely N-dealkylation sites (N-methyl/N-ethyl adjacent to an activating group) is 1. The molecule has 1 unspecified atom stereocenters. The van der Waals surface area contributed by atoms with Crippen molar-refractivity contribution in [3.63, 3.8) is 0 Å². The van der Waals surface area contributed by atoms with E-state index in [1.165, 1.54) is 4.68 Å². The SMILES string of the molecule is COc1nc2ccccc2cc1-c1cnc(C2CN(C)CCN2C(=O)Cn2ccnn2)[nH]1. The van der Waals surface area contributed by atoms with E-state index in [2.05, 4.69) is 30.2 Å². The van der Waals surface area contributed by atoms with Crippen LogP contribution in [0.5, 0.6) is 5.88 Å². The molecule has 10 nitrogen and oxygen atoms in total. The fourth-order valence-corrected chi connectivity index (χ4v) is 4.09. The van der Waals surface area contributed by atoms with Crippen molar-refractivity contribution in [2.45, 2.75) is 12.6 Å². The summed E-state index contributed by atoms with van der Waals surface area (Å²) in [6.07, 6.45) is 5.03. The van der Waals surface area contributed by atoms with Gasteiger partial charge in [-0.1, -0.05) is 23.4 Å². The molecule has 1 aliphatic heterocycles. The Balaban J connectivity index is 1.46. The number of nitrogens with one attached hydrogen (secondary N) is 1. The number of carbonyl (C=O) groups excluding carboxylic acids is 1. The maximum atomic E-state index is 13.0. The van der Waals surface area contributed by atoms with Gasteiger partial charge in [-0.05, 0) is 19.2 Å². The van der Waals surface area contributed by atoms with Crippen molar-refractivity contribution < 1.29 is 9.53 Å². The Morgan fingerprint density at radius 1 is 1.28 bits per heavy atom. The largest absolute Gasteiger partial charge is 0.480 e. The molecule has 4 heterocycles. The average Bonchev–Trinajstić information content (AvgIpc) is 3.50. The maximum absolute atomic E-state index is 13.0. The van der Waals surface area contributed by atoms with Crippen LogP contribution < -0.4 is 4.74 Å². The number of carbonyl (C=O) groups is 1.